The molecule has 2 aromatic carbocycles. The lowest BCUT2D eigenvalue weighted by atomic mass is 10.1. The standard InChI is InChI=1S/C16H16OS/c1-12-6-8-15(9-7-12)18-11-16(17)14-5-3-4-13(2)10-14/h3-10H,11H2,1-2H3. The monoisotopic (exact) mass is 256 g/mol. The van der Waals surface area contributed by atoms with Crippen molar-refractivity contribution in [2.45, 2.75) is 18.7 Å². The summed E-state index contributed by atoms with van der Waals surface area (Å²) in [7, 11) is 0. The third kappa shape index (κ3) is 3.47. The Morgan fingerprint density at radius 2 is 1.72 bits per heavy atom. The van der Waals surface area contributed by atoms with E-state index in [1.54, 1.807) is 11.8 Å². The maximum Gasteiger partial charge on any atom is 0.173 e. The van der Waals surface area contributed by atoms with Gasteiger partial charge in [-0.2, -0.15) is 0 Å². The highest BCUT2D eigenvalue weighted by molar-refractivity contribution is 8.00. The number of carbonyl (C=O) groups excluding carboxylic acids is 1. The SMILES string of the molecule is Cc1ccc(SCC(=O)c2cccc(C)c2)cc1. The molecule has 0 saturated heterocycles. The van der Waals surface area contributed by atoms with Gasteiger partial charge in [0.15, 0.2) is 5.78 Å². The summed E-state index contributed by atoms with van der Waals surface area (Å²) in [6.07, 6.45) is 0. The van der Waals surface area contributed by atoms with Crippen LogP contribution in [0.15, 0.2) is 53.4 Å². The van der Waals surface area contributed by atoms with Crippen LogP contribution in [-0.2, 0) is 0 Å². The number of hydrogen-bond donors (Lipinski definition) is 0. The number of thioether (sulfide) groups is 1. The predicted molar refractivity (Wildman–Crippen MR) is 77.4 cm³/mol. The van der Waals surface area contributed by atoms with Gasteiger partial charge in [-0.05, 0) is 32.0 Å². The number of benzene rings is 2. The zero-order valence-corrected chi connectivity index (χ0v) is 11.5. The maximum absolute atomic E-state index is 12.0. The molecule has 18 heavy (non-hydrogen) atoms. The molecule has 0 saturated carbocycles. The Labute approximate surface area is 112 Å². The molecule has 0 N–H and O–H groups in total. The van der Waals surface area contributed by atoms with Gasteiger partial charge in [0.2, 0.25) is 0 Å². The molecule has 2 rings (SSSR count). The van der Waals surface area contributed by atoms with Crippen LogP contribution in [0.1, 0.15) is 21.5 Å². The largest absolute Gasteiger partial charge is 0.293 e. The number of hydrogen-bond acceptors (Lipinski definition) is 2. The smallest absolute Gasteiger partial charge is 0.173 e. The van der Waals surface area contributed by atoms with Crippen molar-refractivity contribution in [1.29, 1.82) is 0 Å². The second kappa shape index (κ2) is 5.87. The summed E-state index contributed by atoms with van der Waals surface area (Å²) in [6.45, 7) is 4.07. The molecule has 0 bridgehead atoms. The molecule has 0 spiro atoms. The number of aryl methyl sites for hydroxylation is 2. The molecule has 0 unspecified atom stereocenters. The fourth-order valence-corrected chi connectivity index (χ4v) is 2.48. The summed E-state index contributed by atoms with van der Waals surface area (Å²) in [5.74, 6) is 0.677. The third-order valence-electron chi connectivity index (χ3n) is 2.73. The number of rotatable bonds is 4. The van der Waals surface area contributed by atoms with E-state index in [1.807, 2.05) is 31.2 Å². The lowest BCUT2D eigenvalue weighted by Crippen LogP contribution is -2.02. The van der Waals surface area contributed by atoms with Crippen molar-refractivity contribution in [2.75, 3.05) is 5.75 Å². The third-order valence-corrected chi connectivity index (χ3v) is 3.74. The molecule has 92 valence electrons. The van der Waals surface area contributed by atoms with Gasteiger partial charge in [0.05, 0.1) is 5.75 Å². The minimum absolute atomic E-state index is 0.185. The lowest BCUT2D eigenvalue weighted by molar-refractivity contribution is 0.102. The Morgan fingerprint density at radius 3 is 2.39 bits per heavy atom. The number of carbonyl (C=O) groups is 1. The summed E-state index contributed by atoms with van der Waals surface area (Å²) in [5.41, 5.74) is 3.17. The molecule has 1 nitrogen and oxygen atoms in total. The first-order chi connectivity index (χ1) is 8.65. The van der Waals surface area contributed by atoms with E-state index in [0.717, 1.165) is 16.0 Å². The van der Waals surface area contributed by atoms with Crippen LogP contribution in [0.2, 0.25) is 0 Å². The molecule has 0 aliphatic carbocycles. The molecule has 0 aliphatic heterocycles. The van der Waals surface area contributed by atoms with Crippen molar-refractivity contribution in [3.05, 3.63) is 65.2 Å². The first kappa shape index (κ1) is 12.9. The van der Waals surface area contributed by atoms with E-state index in [-0.39, 0.29) is 5.78 Å². The Kier molecular flexibility index (Phi) is 4.21. The predicted octanol–water partition coefficient (Wildman–Crippen LogP) is 4.28. The summed E-state index contributed by atoms with van der Waals surface area (Å²) in [5, 5.41) is 0. The summed E-state index contributed by atoms with van der Waals surface area (Å²) >= 11 is 1.59. The van der Waals surface area contributed by atoms with Crippen LogP contribution in [0, 0.1) is 13.8 Å². The van der Waals surface area contributed by atoms with Gasteiger partial charge in [0.1, 0.15) is 0 Å². The van der Waals surface area contributed by atoms with Crippen molar-refractivity contribution in [3.63, 3.8) is 0 Å². The van der Waals surface area contributed by atoms with Crippen molar-refractivity contribution < 1.29 is 4.79 Å². The molecule has 0 aliphatic rings. The van der Waals surface area contributed by atoms with Gasteiger partial charge in [-0.1, -0.05) is 41.5 Å². The van der Waals surface area contributed by atoms with E-state index < -0.39 is 0 Å². The molecule has 0 radical (unpaired) electrons. The number of Topliss-reactive ketones (excluding diaryl/α,β-unsaturated/α-hetero) is 1. The van der Waals surface area contributed by atoms with Crippen molar-refractivity contribution in [1.82, 2.24) is 0 Å². The van der Waals surface area contributed by atoms with E-state index >= 15 is 0 Å². The van der Waals surface area contributed by atoms with Crippen LogP contribution in [-0.4, -0.2) is 11.5 Å². The molecule has 0 heterocycles. The van der Waals surface area contributed by atoms with Crippen LogP contribution >= 0.6 is 11.8 Å². The second-order valence-electron chi connectivity index (χ2n) is 4.39. The lowest BCUT2D eigenvalue weighted by Gasteiger charge is -2.03. The van der Waals surface area contributed by atoms with Gasteiger partial charge in [-0.3, -0.25) is 4.79 Å². The molecule has 0 atom stereocenters. The first-order valence-electron chi connectivity index (χ1n) is 5.94. The highest BCUT2D eigenvalue weighted by Gasteiger charge is 2.06. The molecule has 0 aromatic heterocycles. The average Bonchev–Trinajstić information content (AvgIpc) is 2.38. The number of ketones is 1. The molecule has 2 aromatic rings. The van der Waals surface area contributed by atoms with E-state index in [9.17, 15) is 4.79 Å². The summed E-state index contributed by atoms with van der Waals surface area (Å²) in [6, 6.07) is 16.0. The highest BCUT2D eigenvalue weighted by Crippen LogP contribution is 2.19. The maximum atomic E-state index is 12.0. The zero-order valence-electron chi connectivity index (χ0n) is 10.6. The van der Waals surface area contributed by atoms with Crippen molar-refractivity contribution >= 4 is 17.5 Å². The van der Waals surface area contributed by atoms with Gasteiger partial charge < -0.3 is 0 Å². The zero-order chi connectivity index (χ0) is 13.0. The molecular weight excluding hydrogens is 240 g/mol. The Balaban J connectivity index is 1.98. The normalized spacial score (nSPS) is 10.3. The quantitative estimate of drug-likeness (QED) is 0.600. The minimum atomic E-state index is 0.185. The molecular formula is C16H16OS. The Hall–Kier alpha value is -1.54. The summed E-state index contributed by atoms with van der Waals surface area (Å²) < 4.78 is 0. The van der Waals surface area contributed by atoms with Crippen molar-refractivity contribution in [3.8, 4) is 0 Å². The molecule has 0 amide bonds. The fraction of sp³-hybridized carbons (Fsp3) is 0.188. The van der Waals surface area contributed by atoms with Gasteiger partial charge in [0, 0.05) is 10.5 Å². The van der Waals surface area contributed by atoms with Crippen LogP contribution in [0.3, 0.4) is 0 Å². The van der Waals surface area contributed by atoms with Gasteiger partial charge in [0.25, 0.3) is 0 Å². The topological polar surface area (TPSA) is 17.1 Å². The molecule has 0 fully saturated rings. The molecule has 2 heteroatoms. The highest BCUT2D eigenvalue weighted by atomic mass is 32.2. The van der Waals surface area contributed by atoms with Crippen LogP contribution < -0.4 is 0 Å². The average molecular weight is 256 g/mol. The summed E-state index contributed by atoms with van der Waals surface area (Å²) in [4.78, 5) is 13.2. The van der Waals surface area contributed by atoms with Gasteiger partial charge in [-0.15, -0.1) is 11.8 Å². The van der Waals surface area contributed by atoms with Crippen LogP contribution in [0.25, 0.3) is 0 Å². The van der Waals surface area contributed by atoms with E-state index in [1.165, 1.54) is 5.56 Å². The van der Waals surface area contributed by atoms with Gasteiger partial charge in [-0.25, -0.2) is 0 Å². The second-order valence-corrected chi connectivity index (χ2v) is 5.44. The Bertz CT molecular complexity index is 543. The van der Waals surface area contributed by atoms with Gasteiger partial charge >= 0.3 is 0 Å². The van der Waals surface area contributed by atoms with E-state index in [4.69, 9.17) is 0 Å². The fourth-order valence-electron chi connectivity index (χ4n) is 1.69. The Morgan fingerprint density at radius 1 is 1.00 bits per heavy atom. The van der Waals surface area contributed by atoms with Crippen molar-refractivity contribution in [2.24, 2.45) is 0 Å². The van der Waals surface area contributed by atoms with E-state index in [2.05, 4.69) is 31.2 Å². The minimum Gasteiger partial charge on any atom is -0.293 e. The van der Waals surface area contributed by atoms with E-state index in [0.29, 0.717) is 5.75 Å². The van der Waals surface area contributed by atoms with Crippen LogP contribution in [0.5, 0.6) is 0 Å². The van der Waals surface area contributed by atoms with Crippen LogP contribution in [0.4, 0.5) is 0 Å². The first-order valence-corrected chi connectivity index (χ1v) is 6.93.